The molecule has 0 radical (unpaired) electrons. The molecule has 2 aliphatic heterocycles. The summed E-state index contributed by atoms with van der Waals surface area (Å²) in [5, 5.41) is 3.25. The van der Waals surface area contributed by atoms with Crippen LogP contribution in [0.2, 0.25) is 0 Å². The summed E-state index contributed by atoms with van der Waals surface area (Å²) < 4.78 is 11.2. The second kappa shape index (κ2) is 5.81. The molecule has 1 atom stereocenters. The second-order valence-electron chi connectivity index (χ2n) is 5.27. The molecule has 2 heterocycles. The van der Waals surface area contributed by atoms with Gasteiger partial charge in [-0.15, -0.1) is 0 Å². The van der Waals surface area contributed by atoms with Gasteiger partial charge in [0.05, 0.1) is 31.4 Å². The Morgan fingerprint density at radius 3 is 3.15 bits per heavy atom. The maximum atomic E-state index is 12.5. The van der Waals surface area contributed by atoms with Crippen molar-refractivity contribution in [3.05, 3.63) is 23.8 Å². The summed E-state index contributed by atoms with van der Waals surface area (Å²) in [7, 11) is 0. The lowest BCUT2D eigenvalue weighted by molar-refractivity contribution is -0.122. The highest BCUT2D eigenvalue weighted by Gasteiger charge is 2.26. The van der Waals surface area contributed by atoms with Crippen LogP contribution in [0.25, 0.3) is 0 Å². The molecule has 1 aromatic carbocycles. The number of hydrogen-bond acceptors (Lipinski definition) is 4. The van der Waals surface area contributed by atoms with Gasteiger partial charge in [-0.05, 0) is 24.6 Å². The molecular weight excluding hydrogens is 256 g/mol. The van der Waals surface area contributed by atoms with E-state index in [0.29, 0.717) is 26.2 Å². The van der Waals surface area contributed by atoms with Crippen LogP contribution in [0.1, 0.15) is 12.0 Å². The number of anilines is 1. The number of nitrogens with zero attached hydrogens (tertiary/aromatic N) is 1. The number of aryl methyl sites for hydroxylation is 1. The predicted molar refractivity (Wildman–Crippen MR) is 76.3 cm³/mol. The lowest BCUT2D eigenvalue weighted by Crippen LogP contribution is -2.44. The summed E-state index contributed by atoms with van der Waals surface area (Å²) in [5.41, 5.74) is 2.01. The average molecular weight is 276 g/mol. The monoisotopic (exact) mass is 276 g/mol. The van der Waals surface area contributed by atoms with E-state index in [-0.39, 0.29) is 12.0 Å². The lowest BCUT2D eigenvalue weighted by atomic mass is 10.1. The third kappa shape index (κ3) is 2.78. The smallest absolute Gasteiger partial charge is 0.229 e. The molecule has 1 saturated heterocycles. The number of carbonyl (C=O) groups is 1. The van der Waals surface area contributed by atoms with Crippen LogP contribution in [0.3, 0.4) is 0 Å². The molecule has 1 aromatic rings. The van der Waals surface area contributed by atoms with E-state index in [0.717, 1.165) is 30.1 Å². The van der Waals surface area contributed by atoms with Gasteiger partial charge in [-0.2, -0.15) is 0 Å². The van der Waals surface area contributed by atoms with Gasteiger partial charge in [-0.25, -0.2) is 0 Å². The Balaban J connectivity index is 1.72. The standard InChI is InChI=1S/C15H20N2O3/c1-11-2-3-13-14(8-11)20-7-5-17(13)15(18)9-12-10-16-4-6-19-12/h2-3,8,12,16H,4-7,9-10H2,1H3. The van der Waals surface area contributed by atoms with Gasteiger partial charge < -0.3 is 19.7 Å². The van der Waals surface area contributed by atoms with E-state index in [1.54, 1.807) is 0 Å². The number of hydrogen-bond donors (Lipinski definition) is 1. The number of fused-ring (bicyclic) bond motifs is 1. The van der Waals surface area contributed by atoms with Gasteiger partial charge in [0.2, 0.25) is 5.91 Å². The molecule has 1 amide bonds. The quantitative estimate of drug-likeness (QED) is 0.879. The molecule has 20 heavy (non-hydrogen) atoms. The third-order valence-electron chi connectivity index (χ3n) is 3.69. The minimum Gasteiger partial charge on any atom is -0.490 e. The van der Waals surface area contributed by atoms with Crippen LogP contribution in [0.4, 0.5) is 5.69 Å². The van der Waals surface area contributed by atoms with E-state index in [2.05, 4.69) is 5.32 Å². The first-order chi connectivity index (χ1) is 9.74. The van der Waals surface area contributed by atoms with Crippen molar-refractivity contribution in [3.63, 3.8) is 0 Å². The molecule has 3 rings (SSSR count). The Hall–Kier alpha value is -1.59. The SMILES string of the molecule is Cc1ccc2c(c1)OCCN2C(=O)CC1CNCCO1. The molecule has 0 spiro atoms. The topological polar surface area (TPSA) is 50.8 Å². The molecule has 1 unspecified atom stereocenters. The Kier molecular flexibility index (Phi) is 3.89. The summed E-state index contributed by atoms with van der Waals surface area (Å²) in [6.45, 7) is 5.46. The van der Waals surface area contributed by atoms with Crippen molar-refractivity contribution in [1.82, 2.24) is 5.32 Å². The fourth-order valence-corrected chi connectivity index (χ4v) is 2.64. The van der Waals surface area contributed by atoms with Crippen molar-refractivity contribution in [2.24, 2.45) is 0 Å². The number of ether oxygens (including phenoxy) is 2. The zero-order valence-corrected chi connectivity index (χ0v) is 11.7. The first kappa shape index (κ1) is 13.4. The van der Waals surface area contributed by atoms with E-state index in [1.165, 1.54) is 0 Å². The number of benzene rings is 1. The zero-order valence-electron chi connectivity index (χ0n) is 11.7. The van der Waals surface area contributed by atoms with E-state index in [1.807, 2.05) is 30.0 Å². The van der Waals surface area contributed by atoms with Gasteiger partial charge in [-0.3, -0.25) is 4.79 Å². The van der Waals surface area contributed by atoms with Crippen LogP contribution in [0.15, 0.2) is 18.2 Å². The number of morpholine rings is 1. The maximum Gasteiger partial charge on any atom is 0.229 e. The molecule has 5 heteroatoms. The summed E-state index contributed by atoms with van der Waals surface area (Å²) in [6, 6.07) is 5.95. The number of carbonyl (C=O) groups excluding carboxylic acids is 1. The van der Waals surface area contributed by atoms with Crippen molar-refractivity contribution in [3.8, 4) is 5.75 Å². The summed E-state index contributed by atoms with van der Waals surface area (Å²) in [6.07, 6.45) is 0.397. The number of rotatable bonds is 2. The number of amides is 1. The van der Waals surface area contributed by atoms with E-state index in [9.17, 15) is 4.79 Å². The predicted octanol–water partition coefficient (Wildman–Crippen LogP) is 1.10. The first-order valence-electron chi connectivity index (χ1n) is 7.10. The molecule has 5 nitrogen and oxygen atoms in total. The molecule has 1 fully saturated rings. The largest absolute Gasteiger partial charge is 0.490 e. The van der Waals surface area contributed by atoms with Crippen molar-refractivity contribution in [2.75, 3.05) is 37.7 Å². The van der Waals surface area contributed by atoms with Crippen LogP contribution < -0.4 is 15.0 Å². The van der Waals surface area contributed by atoms with Crippen LogP contribution >= 0.6 is 0 Å². The first-order valence-corrected chi connectivity index (χ1v) is 7.10. The summed E-state index contributed by atoms with van der Waals surface area (Å²) in [5.74, 6) is 0.902. The molecular formula is C15H20N2O3. The fraction of sp³-hybridized carbons (Fsp3) is 0.533. The Labute approximate surface area is 118 Å². The minimum absolute atomic E-state index is 0.0204. The third-order valence-corrected chi connectivity index (χ3v) is 3.69. The van der Waals surface area contributed by atoms with E-state index < -0.39 is 0 Å². The molecule has 0 bridgehead atoms. The summed E-state index contributed by atoms with van der Waals surface area (Å²) >= 11 is 0. The molecule has 0 aliphatic carbocycles. The molecule has 0 saturated carbocycles. The van der Waals surface area contributed by atoms with Gasteiger partial charge >= 0.3 is 0 Å². The highest BCUT2D eigenvalue weighted by Crippen LogP contribution is 2.32. The highest BCUT2D eigenvalue weighted by atomic mass is 16.5. The van der Waals surface area contributed by atoms with Gasteiger partial charge in [0.25, 0.3) is 0 Å². The van der Waals surface area contributed by atoms with Gasteiger partial charge in [0, 0.05) is 13.1 Å². The molecule has 2 aliphatic rings. The van der Waals surface area contributed by atoms with Crippen molar-refractivity contribution >= 4 is 11.6 Å². The molecule has 108 valence electrons. The van der Waals surface area contributed by atoms with Crippen LogP contribution in [0.5, 0.6) is 5.75 Å². The average Bonchev–Trinajstić information content (AvgIpc) is 2.47. The van der Waals surface area contributed by atoms with E-state index in [4.69, 9.17) is 9.47 Å². The Morgan fingerprint density at radius 2 is 2.35 bits per heavy atom. The number of nitrogens with one attached hydrogen (secondary N) is 1. The van der Waals surface area contributed by atoms with Crippen LogP contribution in [0, 0.1) is 6.92 Å². The molecule has 0 aromatic heterocycles. The van der Waals surface area contributed by atoms with Crippen molar-refractivity contribution < 1.29 is 14.3 Å². The minimum atomic E-state index is -0.0204. The maximum absolute atomic E-state index is 12.5. The fourth-order valence-electron chi connectivity index (χ4n) is 2.64. The highest BCUT2D eigenvalue weighted by molar-refractivity contribution is 5.95. The summed E-state index contributed by atoms with van der Waals surface area (Å²) in [4.78, 5) is 14.3. The van der Waals surface area contributed by atoms with E-state index >= 15 is 0 Å². The van der Waals surface area contributed by atoms with Crippen molar-refractivity contribution in [2.45, 2.75) is 19.4 Å². The van der Waals surface area contributed by atoms with Crippen LogP contribution in [-0.2, 0) is 9.53 Å². The normalized spacial score (nSPS) is 22.1. The van der Waals surface area contributed by atoms with Gasteiger partial charge in [-0.1, -0.05) is 6.07 Å². The zero-order chi connectivity index (χ0) is 13.9. The van der Waals surface area contributed by atoms with Crippen LogP contribution in [-0.4, -0.2) is 44.9 Å². The molecule has 1 N–H and O–H groups in total. The second-order valence-corrected chi connectivity index (χ2v) is 5.27. The Morgan fingerprint density at radius 1 is 1.45 bits per heavy atom. The van der Waals surface area contributed by atoms with Crippen molar-refractivity contribution in [1.29, 1.82) is 0 Å². The lowest BCUT2D eigenvalue weighted by Gasteiger charge is -2.31. The van der Waals surface area contributed by atoms with Gasteiger partial charge in [0.1, 0.15) is 12.4 Å². The van der Waals surface area contributed by atoms with Gasteiger partial charge in [0.15, 0.2) is 0 Å². The Bertz CT molecular complexity index is 498.